The first kappa shape index (κ1) is 20.8. The topological polar surface area (TPSA) is 64.6 Å². The number of carbonyl (C=O) groups excluding carboxylic acids is 2. The Morgan fingerprint density at radius 1 is 0.933 bits per heavy atom. The van der Waals surface area contributed by atoms with Gasteiger partial charge in [0.1, 0.15) is 11.6 Å². The summed E-state index contributed by atoms with van der Waals surface area (Å²) in [5.74, 6) is -0.924. The van der Waals surface area contributed by atoms with Gasteiger partial charge >= 0.3 is 5.97 Å². The van der Waals surface area contributed by atoms with E-state index in [1.807, 2.05) is 0 Å². The quantitative estimate of drug-likeness (QED) is 0.454. The van der Waals surface area contributed by atoms with Crippen LogP contribution in [0.2, 0.25) is 0 Å². The van der Waals surface area contributed by atoms with Crippen LogP contribution in [-0.2, 0) is 14.3 Å². The van der Waals surface area contributed by atoms with Crippen molar-refractivity contribution in [1.29, 1.82) is 0 Å². The molecule has 0 bridgehead atoms. The molecule has 6 heteroatoms. The summed E-state index contributed by atoms with van der Waals surface area (Å²) < 4.78 is 23.6. The Hall–Kier alpha value is -3.93. The van der Waals surface area contributed by atoms with E-state index in [2.05, 4.69) is 5.32 Å². The van der Waals surface area contributed by atoms with Gasteiger partial charge in [0.25, 0.3) is 5.91 Å². The molecule has 0 aliphatic heterocycles. The molecule has 0 unspecified atom stereocenters. The van der Waals surface area contributed by atoms with Crippen molar-refractivity contribution in [3.63, 3.8) is 0 Å². The van der Waals surface area contributed by atoms with Crippen LogP contribution in [0.3, 0.4) is 0 Å². The van der Waals surface area contributed by atoms with Crippen LogP contribution in [0, 0.1) is 5.82 Å². The third-order valence-corrected chi connectivity index (χ3v) is 4.21. The van der Waals surface area contributed by atoms with E-state index in [9.17, 15) is 14.0 Å². The minimum Gasteiger partial charge on any atom is -0.497 e. The zero-order chi connectivity index (χ0) is 21.3. The van der Waals surface area contributed by atoms with Gasteiger partial charge < -0.3 is 14.8 Å². The molecule has 152 valence electrons. The maximum absolute atomic E-state index is 13.1. The normalized spacial score (nSPS) is 11.7. The molecule has 0 spiro atoms. The van der Waals surface area contributed by atoms with Gasteiger partial charge in [0.2, 0.25) is 6.10 Å². The number of esters is 1. The number of anilines is 1. The Balaban J connectivity index is 1.73. The standard InChI is InChI=1S/C24H20FNO4/c1-29-21-14-7-17(8-15-21)9-16-22(27)30-23(18-5-3-2-4-6-18)24(28)26-20-12-10-19(25)11-13-20/h2-16,23H,1H3,(H,26,28)/b16-9+/t23-/m1/s1. The third kappa shape index (κ3) is 5.78. The number of carbonyl (C=O) groups is 2. The Bertz CT molecular complexity index is 1020. The minimum atomic E-state index is -1.16. The van der Waals surface area contributed by atoms with Crippen LogP contribution >= 0.6 is 0 Å². The van der Waals surface area contributed by atoms with E-state index in [1.165, 1.54) is 30.3 Å². The van der Waals surface area contributed by atoms with Crippen molar-refractivity contribution >= 4 is 23.6 Å². The number of methoxy groups -OCH3 is 1. The van der Waals surface area contributed by atoms with Crippen molar-refractivity contribution in [1.82, 2.24) is 0 Å². The maximum atomic E-state index is 13.1. The molecule has 3 rings (SSSR count). The van der Waals surface area contributed by atoms with Crippen molar-refractivity contribution in [2.24, 2.45) is 0 Å². The van der Waals surface area contributed by atoms with Crippen LogP contribution in [0.15, 0.2) is 84.9 Å². The van der Waals surface area contributed by atoms with Gasteiger partial charge in [-0.3, -0.25) is 4.79 Å². The highest BCUT2D eigenvalue weighted by Gasteiger charge is 2.24. The summed E-state index contributed by atoms with van der Waals surface area (Å²) >= 11 is 0. The van der Waals surface area contributed by atoms with Gasteiger partial charge in [-0.1, -0.05) is 42.5 Å². The molecule has 30 heavy (non-hydrogen) atoms. The van der Waals surface area contributed by atoms with Crippen LogP contribution in [0.25, 0.3) is 6.08 Å². The Morgan fingerprint density at radius 3 is 2.23 bits per heavy atom. The van der Waals surface area contributed by atoms with Gasteiger partial charge in [-0.2, -0.15) is 0 Å². The molecule has 3 aromatic rings. The highest BCUT2D eigenvalue weighted by molar-refractivity contribution is 5.97. The molecule has 0 aromatic heterocycles. The van der Waals surface area contributed by atoms with Gasteiger partial charge in [0.05, 0.1) is 7.11 Å². The van der Waals surface area contributed by atoms with Crippen LogP contribution in [0.5, 0.6) is 5.75 Å². The molecule has 0 radical (unpaired) electrons. The number of hydrogen-bond acceptors (Lipinski definition) is 4. The lowest BCUT2D eigenvalue weighted by Crippen LogP contribution is -2.25. The van der Waals surface area contributed by atoms with Crippen LogP contribution in [0.4, 0.5) is 10.1 Å². The zero-order valence-electron chi connectivity index (χ0n) is 16.2. The van der Waals surface area contributed by atoms with E-state index in [0.29, 0.717) is 17.0 Å². The Labute approximate surface area is 173 Å². The molecule has 0 saturated heterocycles. The molecule has 0 aliphatic rings. The summed E-state index contributed by atoms with van der Waals surface area (Å²) in [6.07, 6.45) is 1.68. The molecule has 1 atom stereocenters. The van der Waals surface area contributed by atoms with Crippen molar-refractivity contribution in [3.05, 3.63) is 102 Å². The maximum Gasteiger partial charge on any atom is 0.331 e. The van der Waals surface area contributed by atoms with Gasteiger partial charge in [-0.05, 0) is 48.0 Å². The first-order valence-electron chi connectivity index (χ1n) is 9.19. The number of benzene rings is 3. The largest absolute Gasteiger partial charge is 0.497 e. The second kappa shape index (κ2) is 10.0. The predicted octanol–water partition coefficient (Wildman–Crippen LogP) is 4.77. The fourth-order valence-electron chi connectivity index (χ4n) is 2.68. The van der Waals surface area contributed by atoms with Crippen molar-refractivity contribution in [2.75, 3.05) is 12.4 Å². The lowest BCUT2D eigenvalue weighted by Gasteiger charge is -2.17. The smallest absolute Gasteiger partial charge is 0.331 e. The summed E-state index contributed by atoms with van der Waals surface area (Å²) in [4.78, 5) is 25.1. The molecular formula is C24H20FNO4. The number of rotatable bonds is 7. The average Bonchev–Trinajstić information content (AvgIpc) is 2.78. The van der Waals surface area contributed by atoms with E-state index < -0.39 is 23.8 Å². The first-order chi connectivity index (χ1) is 14.5. The molecule has 0 aliphatic carbocycles. The van der Waals surface area contributed by atoms with E-state index >= 15 is 0 Å². The van der Waals surface area contributed by atoms with E-state index in [1.54, 1.807) is 67.8 Å². The van der Waals surface area contributed by atoms with Gasteiger partial charge in [0.15, 0.2) is 0 Å². The Morgan fingerprint density at radius 2 is 1.60 bits per heavy atom. The van der Waals surface area contributed by atoms with Crippen LogP contribution in [0.1, 0.15) is 17.2 Å². The number of amides is 1. The van der Waals surface area contributed by atoms with Gasteiger partial charge in [0, 0.05) is 17.3 Å². The summed E-state index contributed by atoms with van der Waals surface area (Å²) in [6.45, 7) is 0. The lowest BCUT2D eigenvalue weighted by atomic mass is 10.1. The van der Waals surface area contributed by atoms with Crippen LogP contribution < -0.4 is 10.1 Å². The summed E-state index contributed by atoms with van der Waals surface area (Å²) in [5.41, 5.74) is 1.69. The number of halogens is 1. The molecule has 5 nitrogen and oxygen atoms in total. The molecule has 0 saturated carbocycles. The van der Waals surface area contributed by atoms with Crippen molar-refractivity contribution < 1.29 is 23.5 Å². The number of nitrogens with one attached hydrogen (secondary N) is 1. The first-order valence-corrected chi connectivity index (χ1v) is 9.19. The van der Waals surface area contributed by atoms with E-state index in [0.717, 1.165) is 5.56 Å². The molecule has 0 heterocycles. The highest BCUT2D eigenvalue weighted by Crippen LogP contribution is 2.21. The van der Waals surface area contributed by atoms with Gasteiger partial charge in [-0.15, -0.1) is 0 Å². The van der Waals surface area contributed by atoms with E-state index in [-0.39, 0.29) is 0 Å². The van der Waals surface area contributed by atoms with Crippen molar-refractivity contribution in [3.8, 4) is 5.75 Å². The molecule has 1 N–H and O–H groups in total. The minimum absolute atomic E-state index is 0.396. The number of ether oxygens (including phenoxy) is 2. The van der Waals surface area contributed by atoms with E-state index in [4.69, 9.17) is 9.47 Å². The SMILES string of the molecule is COc1ccc(/C=C/C(=O)O[C@@H](C(=O)Nc2ccc(F)cc2)c2ccccc2)cc1. The average molecular weight is 405 g/mol. The summed E-state index contributed by atoms with van der Waals surface area (Å²) in [6, 6.07) is 21.1. The fourth-order valence-corrected chi connectivity index (χ4v) is 2.68. The molecular weight excluding hydrogens is 385 g/mol. The molecule has 1 amide bonds. The van der Waals surface area contributed by atoms with Gasteiger partial charge in [-0.25, -0.2) is 9.18 Å². The fraction of sp³-hybridized carbons (Fsp3) is 0.0833. The lowest BCUT2D eigenvalue weighted by molar-refractivity contribution is -0.149. The highest BCUT2D eigenvalue weighted by atomic mass is 19.1. The molecule has 3 aromatic carbocycles. The van der Waals surface area contributed by atoms with Crippen molar-refractivity contribution in [2.45, 2.75) is 6.10 Å². The Kier molecular flexibility index (Phi) is 6.95. The third-order valence-electron chi connectivity index (χ3n) is 4.21. The second-order valence-corrected chi connectivity index (χ2v) is 6.33. The summed E-state index contributed by atoms with van der Waals surface area (Å²) in [7, 11) is 1.57. The second-order valence-electron chi connectivity index (χ2n) is 6.33. The molecule has 0 fully saturated rings. The van der Waals surface area contributed by atoms with Crippen LogP contribution in [-0.4, -0.2) is 19.0 Å². The zero-order valence-corrected chi connectivity index (χ0v) is 16.2. The summed E-state index contributed by atoms with van der Waals surface area (Å²) in [5, 5.41) is 2.64. The predicted molar refractivity (Wildman–Crippen MR) is 112 cm³/mol. The number of hydrogen-bond donors (Lipinski definition) is 1. The monoisotopic (exact) mass is 405 g/mol.